The van der Waals surface area contributed by atoms with Crippen LogP contribution in [-0.2, 0) is 6.54 Å². The van der Waals surface area contributed by atoms with Gasteiger partial charge in [-0.25, -0.2) is 8.78 Å². The highest BCUT2D eigenvalue weighted by atomic mass is 79.9. The number of benzene rings is 1. The third-order valence-electron chi connectivity index (χ3n) is 3.20. The van der Waals surface area contributed by atoms with Crippen LogP contribution in [0, 0.1) is 11.6 Å². The van der Waals surface area contributed by atoms with Gasteiger partial charge in [-0.05, 0) is 36.1 Å². The first-order valence-corrected chi connectivity index (χ1v) is 7.26. The average Bonchev–Trinajstić information content (AvgIpc) is 2.80. The maximum Gasteiger partial charge on any atom is 0.163 e. The van der Waals surface area contributed by atoms with Crippen molar-refractivity contribution < 1.29 is 8.78 Å². The van der Waals surface area contributed by atoms with Gasteiger partial charge in [-0.15, -0.1) is 0 Å². The fourth-order valence-electron chi connectivity index (χ4n) is 2.06. The fraction of sp³-hybridized carbons (Fsp3) is 0.357. The lowest BCUT2D eigenvalue weighted by Gasteiger charge is -2.17. The van der Waals surface area contributed by atoms with Gasteiger partial charge in [0.25, 0.3) is 0 Å². The molecule has 0 aliphatic carbocycles. The highest BCUT2D eigenvalue weighted by Gasteiger charge is 2.22. The first-order chi connectivity index (χ1) is 9.91. The van der Waals surface area contributed by atoms with E-state index in [1.54, 1.807) is 10.9 Å². The van der Waals surface area contributed by atoms with Crippen LogP contribution in [0.25, 0.3) is 0 Å². The third kappa shape index (κ3) is 3.48. The van der Waals surface area contributed by atoms with Gasteiger partial charge in [0, 0.05) is 12.1 Å². The van der Waals surface area contributed by atoms with E-state index in [0.29, 0.717) is 16.7 Å². The van der Waals surface area contributed by atoms with E-state index in [-0.39, 0.29) is 5.56 Å². The number of nitrogens with zero attached hydrogens (tertiary/aromatic N) is 3. The van der Waals surface area contributed by atoms with Gasteiger partial charge in [0.2, 0.25) is 0 Å². The van der Waals surface area contributed by atoms with Crippen molar-refractivity contribution in [2.24, 2.45) is 5.73 Å². The summed E-state index contributed by atoms with van der Waals surface area (Å²) in [5, 5.41) is 4.23. The van der Waals surface area contributed by atoms with Gasteiger partial charge in [0.05, 0.1) is 29.0 Å². The van der Waals surface area contributed by atoms with Gasteiger partial charge >= 0.3 is 0 Å². The molecule has 0 saturated heterocycles. The molecule has 1 unspecified atom stereocenters. The molecule has 1 aromatic carbocycles. The molecule has 21 heavy (non-hydrogen) atoms. The summed E-state index contributed by atoms with van der Waals surface area (Å²) in [6.45, 7) is 1.37. The van der Waals surface area contributed by atoms with Crippen LogP contribution in [0.5, 0.6) is 0 Å². The van der Waals surface area contributed by atoms with E-state index in [2.05, 4.69) is 21.0 Å². The highest BCUT2D eigenvalue weighted by Crippen LogP contribution is 2.29. The molecule has 7 heteroatoms. The number of hydrogen-bond acceptors (Lipinski definition) is 3. The van der Waals surface area contributed by atoms with E-state index in [1.807, 2.05) is 19.0 Å². The molecule has 0 radical (unpaired) electrons. The Bertz CT molecular complexity index is 627. The van der Waals surface area contributed by atoms with E-state index in [1.165, 1.54) is 12.1 Å². The first-order valence-electron chi connectivity index (χ1n) is 6.47. The van der Waals surface area contributed by atoms with Crippen LogP contribution in [0.1, 0.15) is 17.3 Å². The first kappa shape index (κ1) is 16.1. The number of nitrogens with two attached hydrogens (primary N) is 1. The van der Waals surface area contributed by atoms with Crippen molar-refractivity contribution in [2.75, 3.05) is 20.6 Å². The summed E-state index contributed by atoms with van der Waals surface area (Å²) >= 11 is 3.37. The minimum atomic E-state index is -0.919. The smallest absolute Gasteiger partial charge is 0.163 e. The zero-order chi connectivity index (χ0) is 15.6. The third-order valence-corrected chi connectivity index (χ3v) is 3.81. The van der Waals surface area contributed by atoms with Crippen molar-refractivity contribution in [2.45, 2.75) is 12.6 Å². The van der Waals surface area contributed by atoms with Crippen LogP contribution in [0.15, 0.2) is 28.9 Å². The predicted molar refractivity (Wildman–Crippen MR) is 80.9 cm³/mol. The van der Waals surface area contributed by atoms with Gasteiger partial charge in [0.15, 0.2) is 11.6 Å². The van der Waals surface area contributed by atoms with E-state index in [4.69, 9.17) is 5.73 Å². The van der Waals surface area contributed by atoms with E-state index in [0.717, 1.165) is 12.6 Å². The number of likely N-dealkylation sites (N-methyl/N-ethyl adjacent to an activating group) is 1. The van der Waals surface area contributed by atoms with Crippen molar-refractivity contribution in [3.63, 3.8) is 0 Å². The van der Waals surface area contributed by atoms with Crippen LogP contribution in [0.4, 0.5) is 8.78 Å². The lowest BCUT2D eigenvalue weighted by atomic mass is 10.0. The molecule has 0 amide bonds. The molecule has 2 rings (SSSR count). The standard InChI is InChI=1S/C14H17BrF2N4/c1-20(2)6-7-21-14(10(15)8-19-21)13(18)9-4-3-5-11(16)12(9)17/h3-5,8,13H,6-7,18H2,1-2H3. The molecule has 0 aliphatic heterocycles. The van der Waals surface area contributed by atoms with Crippen LogP contribution in [0.2, 0.25) is 0 Å². The van der Waals surface area contributed by atoms with Gasteiger partial charge < -0.3 is 10.6 Å². The summed E-state index contributed by atoms with van der Waals surface area (Å²) in [4.78, 5) is 2.01. The summed E-state index contributed by atoms with van der Waals surface area (Å²) in [6.07, 6.45) is 1.61. The molecule has 114 valence electrons. The molecule has 4 nitrogen and oxygen atoms in total. The molecule has 0 aliphatic rings. The molecule has 0 fully saturated rings. The second kappa shape index (κ2) is 6.64. The Morgan fingerprint density at radius 3 is 2.76 bits per heavy atom. The fourth-order valence-corrected chi connectivity index (χ4v) is 2.60. The predicted octanol–water partition coefficient (Wildman–Crippen LogP) is 2.53. The Morgan fingerprint density at radius 2 is 2.10 bits per heavy atom. The zero-order valence-electron chi connectivity index (χ0n) is 11.9. The summed E-state index contributed by atoms with van der Waals surface area (Å²) in [5.74, 6) is -1.82. The molecule has 0 bridgehead atoms. The molecule has 0 spiro atoms. The Hall–Kier alpha value is -1.31. The minimum absolute atomic E-state index is 0.113. The molecule has 2 aromatic rings. The molecular weight excluding hydrogens is 342 g/mol. The molecule has 2 N–H and O–H groups in total. The summed E-state index contributed by atoms with van der Waals surface area (Å²) in [6, 6.07) is 3.21. The zero-order valence-corrected chi connectivity index (χ0v) is 13.4. The van der Waals surface area contributed by atoms with Crippen LogP contribution in [0.3, 0.4) is 0 Å². The van der Waals surface area contributed by atoms with Crippen molar-refractivity contribution in [3.8, 4) is 0 Å². The number of aromatic nitrogens is 2. The minimum Gasteiger partial charge on any atom is -0.319 e. The average molecular weight is 359 g/mol. The van der Waals surface area contributed by atoms with E-state index >= 15 is 0 Å². The molecular formula is C14H17BrF2N4. The lowest BCUT2D eigenvalue weighted by molar-refractivity contribution is 0.367. The van der Waals surface area contributed by atoms with Crippen LogP contribution < -0.4 is 5.73 Å². The Balaban J connectivity index is 2.36. The van der Waals surface area contributed by atoms with Gasteiger partial charge in [0.1, 0.15) is 0 Å². The Labute approximate surface area is 130 Å². The molecule has 0 saturated carbocycles. The highest BCUT2D eigenvalue weighted by molar-refractivity contribution is 9.10. The SMILES string of the molecule is CN(C)CCn1ncc(Br)c1C(N)c1cccc(F)c1F. The van der Waals surface area contributed by atoms with Crippen LogP contribution in [-0.4, -0.2) is 35.3 Å². The van der Waals surface area contributed by atoms with Crippen molar-refractivity contribution in [3.05, 3.63) is 51.8 Å². The molecule has 1 heterocycles. The van der Waals surface area contributed by atoms with Gasteiger partial charge in [-0.3, -0.25) is 4.68 Å². The quantitative estimate of drug-likeness (QED) is 0.893. The second-order valence-corrected chi connectivity index (χ2v) is 5.88. The monoisotopic (exact) mass is 358 g/mol. The van der Waals surface area contributed by atoms with Crippen molar-refractivity contribution in [1.82, 2.24) is 14.7 Å². The summed E-state index contributed by atoms with van der Waals surface area (Å²) < 4.78 is 29.7. The number of rotatable bonds is 5. The van der Waals surface area contributed by atoms with Gasteiger partial charge in [-0.1, -0.05) is 12.1 Å². The molecule has 1 aromatic heterocycles. The van der Waals surface area contributed by atoms with Crippen molar-refractivity contribution in [1.29, 1.82) is 0 Å². The largest absolute Gasteiger partial charge is 0.319 e. The second-order valence-electron chi connectivity index (χ2n) is 5.02. The van der Waals surface area contributed by atoms with Crippen LogP contribution >= 0.6 is 15.9 Å². The normalized spacial score (nSPS) is 12.9. The molecule has 1 atom stereocenters. The summed E-state index contributed by atoms with van der Waals surface area (Å²) in [5.41, 5.74) is 6.87. The topological polar surface area (TPSA) is 47.1 Å². The number of hydrogen-bond donors (Lipinski definition) is 1. The van der Waals surface area contributed by atoms with E-state index in [9.17, 15) is 8.78 Å². The van der Waals surface area contributed by atoms with E-state index < -0.39 is 17.7 Å². The maximum absolute atomic E-state index is 13.9. The maximum atomic E-state index is 13.9. The Morgan fingerprint density at radius 1 is 1.38 bits per heavy atom. The van der Waals surface area contributed by atoms with Crippen molar-refractivity contribution >= 4 is 15.9 Å². The summed E-state index contributed by atoms with van der Waals surface area (Å²) in [7, 11) is 3.90. The lowest BCUT2D eigenvalue weighted by Crippen LogP contribution is -2.24. The Kier molecular flexibility index (Phi) is 5.08. The van der Waals surface area contributed by atoms with Gasteiger partial charge in [-0.2, -0.15) is 5.10 Å². The number of halogens is 3.